The predicted molar refractivity (Wildman–Crippen MR) is 70.7 cm³/mol. The molecule has 0 spiro atoms. The molecule has 0 radical (unpaired) electrons. The van der Waals surface area contributed by atoms with Gasteiger partial charge in [-0.25, -0.2) is 0 Å². The van der Waals surface area contributed by atoms with Crippen molar-refractivity contribution in [1.29, 1.82) is 0 Å². The molecule has 1 fully saturated rings. The van der Waals surface area contributed by atoms with Crippen molar-refractivity contribution in [3.63, 3.8) is 0 Å². The van der Waals surface area contributed by atoms with Crippen LogP contribution < -0.4 is 11.1 Å². The fourth-order valence-electron chi connectivity index (χ4n) is 2.21. The van der Waals surface area contributed by atoms with Crippen molar-refractivity contribution >= 4 is 5.91 Å². The second kappa shape index (κ2) is 7.67. The summed E-state index contributed by atoms with van der Waals surface area (Å²) in [6.45, 7) is 8.51. The average molecular weight is 241 g/mol. The number of hydrogen-bond donors (Lipinski definition) is 2. The van der Waals surface area contributed by atoms with E-state index < -0.39 is 0 Å². The van der Waals surface area contributed by atoms with Crippen molar-refractivity contribution in [2.75, 3.05) is 26.2 Å². The van der Waals surface area contributed by atoms with Crippen molar-refractivity contribution < 1.29 is 4.79 Å². The third kappa shape index (κ3) is 6.03. The average Bonchev–Trinajstić information content (AvgIpc) is 2.79. The van der Waals surface area contributed by atoms with Crippen LogP contribution in [0.2, 0.25) is 0 Å². The predicted octanol–water partition coefficient (Wildman–Crippen LogP) is 0.962. The van der Waals surface area contributed by atoms with E-state index in [-0.39, 0.29) is 11.9 Å². The Labute approximate surface area is 105 Å². The molecule has 0 aliphatic carbocycles. The zero-order chi connectivity index (χ0) is 12.7. The minimum Gasteiger partial charge on any atom is -0.356 e. The maximum Gasteiger partial charge on any atom is 0.221 e. The van der Waals surface area contributed by atoms with Gasteiger partial charge in [-0.05, 0) is 38.3 Å². The molecule has 1 heterocycles. The lowest BCUT2D eigenvalue weighted by molar-refractivity contribution is -0.121. The quantitative estimate of drug-likeness (QED) is 0.698. The molecule has 0 bridgehead atoms. The molecule has 0 saturated carbocycles. The van der Waals surface area contributed by atoms with Gasteiger partial charge >= 0.3 is 0 Å². The third-order valence-electron chi connectivity index (χ3n) is 3.39. The molecular formula is C13H27N3O. The number of likely N-dealkylation sites (tertiary alicyclic amines) is 1. The standard InChI is InChI=1S/C13H27N3O/c1-3-12(14)8-13(17)15-9-11(2)10-16-6-4-5-7-16/h11-12H,3-10,14H2,1-2H3,(H,15,17). The van der Waals surface area contributed by atoms with Gasteiger partial charge in [-0.3, -0.25) is 4.79 Å². The van der Waals surface area contributed by atoms with Gasteiger partial charge in [-0.15, -0.1) is 0 Å². The van der Waals surface area contributed by atoms with Gasteiger partial charge in [0.15, 0.2) is 0 Å². The molecule has 1 saturated heterocycles. The highest BCUT2D eigenvalue weighted by Crippen LogP contribution is 2.09. The molecule has 1 amide bonds. The number of amides is 1. The summed E-state index contributed by atoms with van der Waals surface area (Å²) in [6, 6.07) is 0.00360. The van der Waals surface area contributed by atoms with E-state index >= 15 is 0 Å². The van der Waals surface area contributed by atoms with Crippen LogP contribution in [0.5, 0.6) is 0 Å². The van der Waals surface area contributed by atoms with Crippen LogP contribution >= 0.6 is 0 Å². The summed E-state index contributed by atoms with van der Waals surface area (Å²) in [4.78, 5) is 14.0. The number of nitrogens with zero attached hydrogens (tertiary/aromatic N) is 1. The van der Waals surface area contributed by atoms with Crippen LogP contribution in [0, 0.1) is 5.92 Å². The number of carbonyl (C=O) groups is 1. The Kier molecular flexibility index (Phi) is 6.52. The molecule has 100 valence electrons. The Balaban J connectivity index is 2.09. The zero-order valence-electron chi connectivity index (χ0n) is 11.2. The second-order valence-electron chi connectivity index (χ2n) is 5.29. The number of rotatable bonds is 7. The van der Waals surface area contributed by atoms with E-state index in [0.29, 0.717) is 12.3 Å². The maximum atomic E-state index is 11.5. The minimum absolute atomic E-state index is 0.00360. The largest absolute Gasteiger partial charge is 0.356 e. The lowest BCUT2D eigenvalue weighted by Gasteiger charge is -2.20. The van der Waals surface area contributed by atoms with Gasteiger partial charge in [0.25, 0.3) is 0 Å². The van der Waals surface area contributed by atoms with Crippen molar-refractivity contribution in [3.05, 3.63) is 0 Å². The smallest absolute Gasteiger partial charge is 0.221 e. The summed E-state index contributed by atoms with van der Waals surface area (Å²) < 4.78 is 0. The first-order valence-electron chi connectivity index (χ1n) is 6.86. The number of nitrogens with two attached hydrogens (primary N) is 1. The summed E-state index contributed by atoms with van der Waals surface area (Å²) in [5.74, 6) is 0.613. The van der Waals surface area contributed by atoms with Crippen LogP contribution in [-0.2, 0) is 4.79 Å². The zero-order valence-corrected chi connectivity index (χ0v) is 11.2. The fourth-order valence-corrected chi connectivity index (χ4v) is 2.21. The van der Waals surface area contributed by atoms with Gasteiger partial charge in [0, 0.05) is 25.6 Å². The molecule has 1 aliphatic rings. The normalized spacial score (nSPS) is 20.2. The highest BCUT2D eigenvalue weighted by molar-refractivity contribution is 5.76. The Morgan fingerprint density at radius 1 is 1.41 bits per heavy atom. The topological polar surface area (TPSA) is 58.4 Å². The van der Waals surface area contributed by atoms with Gasteiger partial charge in [0.1, 0.15) is 0 Å². The molecule has 3 N–H and O–H groups in total. The molecular weight excluding hydrogens is 214 g/mol. The Morgan fingerprint density at radius 3 is 2.65 bits per heavy atom. The second-order valence-corrected chi connectivity index (χ2v) is 5.29. The lowest BCUT2D eigenvalue weighted by atomic mass is 10.1. The van der Waals surface area contributed by atoms with Gasteiger partial charge in [-0.1, -0.05) is 13.8 Å². The van der Waals surface area contributed by atoms with E-state index in [1.54, 1.807) is 0 Å². The highest BCUT2D eigenvalue weighted by atomic mass is 16.1. The van der Waals surface area contributed by atoms with Crippen molar-refractivity contribution in [2.45, 2.75) is 45.6 Å². The van der Waals surface area contributed by atoms with E-state index in [9.17, 15) is 4.79 Å². The number of hydrogen-bond acceptors (Lipinski definition) is 3. The number of carbonyl (C=O) groups excluding carboxylic acids is 1. The Hall–Kier alpha value is -0.610. The highest BCUT2D eigenvalue weighted by Gasteiger charge is 2.15. The number of nitrogens with one attached hydrogen (secondary N) is 1. The third-order valence-corrected chi connectivity index (χ3v) is 3.39. The molecule has 0 aromatic carbocycles. The van der Waals surface area contributed by atoms with E-state index in [4.69, 9.17) is 5.73 Å². The van der Waals surface area contributed by atoms with Gasteiger partial charge in [0.05, 0.1) is 0 Å². The van der Waals surface area contributed by atoms with Crippen LogP contribution in [0.15, 0.2) is 0 Å². The van der Waals surface area contributed by atoms with E-state index in [2.05, 4.69) is 17.1 Å². The first-order valence-corrected chi connectivity index (χ1v) is 6.86. The molecule has 1 aliphatic heterocycles. The molecule has 2 atom stereocenters. The van der Waals surface area contributed by atoms with Crippen LogP contribution in [0.25, 0.3) is 0 Å². The lowest BCUT2D eigenvalue weighted by Crippen LogP contribution is -2.36. The van der Waals surface area contributed by atoms with Crippen molar-refractivity contribution in [1.82, 2.24) is 10.2 Å². The van der Waals surface area contributed by atoms with E-state index in [0.717, 1.165) is 19.5 Å². The molecule has 0 aromatic heterocycles. The van der Waals surface area contributed by atoms with E-state index in [1.165, 1.54) is 25.9 Å². The van der Waals surface area contributed by atoms with Crippen LogP contribution in [0.1, 0.15) is 39.5 Å². The van der Waals surface area contributed by atoms with Crippen molar-refractivity contribution in [3.8, 4) is 0 Å². The first-order chi connectivity index (χ1) is 8.11. The summed E-state index contributed by atoms with van der Waals surface area (Å²) in [7, 11) is 0. The molecule has 4 heteroatoms. The van der Waals surface area contributed by atoms with E-state index in [1.807, 2.05) is 6.92 Å². The molecule has 4 nitrogen and oxygen atoms in total. The van der Waals surface area contributed by atoms with Gasteiger partial charge in [-0.2, -0.15) is 0 Å². The molecule has 17 heavy (non-hydrogen) atoms. The Bertz CT molecular complexity index is 227. The summed E-state index contributed by atoms with van der Waals surface area (Å²) in [5.41, 5.74) is 5.74. The van der Waals surface area contributed by atoms with Gasteiger partial charge in [0.2, 0.25) is 5.91 Å². The molecule has 1 rings (SSSR count). The summed E-state index contributed by atoms with van der Waals surface area (Å²) >= 11 is 0. The maximum absolute atomic E-state index is 11.5. The van der Waals surface area contributed by atoms with Gasteiger partial charge < -0.3 is 16.0 Å². The molecule has 2 unspecified atom stereocenters. The van der Waals surface area contributed by atoms with Crippen LogP contribution in [-0.4, -0.2) is 43.0 Å². The molecule has 0 aromatic rings. The SMILES string of the molecule is CCC(N)CC(=O)NCC(C)CN1CCCC1. The van der Waals surface area contributed by atoms with Crippen molar-refractivity contribution in [2.24, 2.45) is 11.7 Å². The summed E-state index contributed by atoms with van der Waals surface area (Å²) in [6.07, 6.45) is 3.96. The summed E-state index contributed by atoms with van der Waals surface area (Å²) in [5, 5.41) is 2.98. The Morgan fingerprint density at radius 2 is 2.06 bits per heavy atom. The minimum atomic E-state index is 0.00360. The van der Waals surface area contributed by atoms with Crippen LogP contribution in [0.4, 0.5) is 0 Å². The monoisotopic (exact) mass is 241 g/mol. The first kappa shape index (κ1) is 14.5. The fraction of sp³-hybridized carbons (Fsp3) is 0.923. The van der Waals surface area contributed by atoms with Crippen LogP contribution in [0.3, 0.4) is 0 Å².